The second-order valence-electron chi connectivity index (χ2n) is 3.25. The third kappa shape index (κ3) is 2.36. The van der Waals surface area contributed by atoms with Gasteiger partial charge in [0.2, 0.25) is 0 Å². The van der Waals surface area contributed by atoms with Crippen LogP contribution in [0.25, 0.3) is 11.1 Å². The first-order valence-corrected chi connectivity index (χ1v) is 5.48. The molecule has 0 amide bonds. The van der Waals surface area contributed by atoms with Gasteiger partial charge >= 0.3 is 0 Å². The van der Waals surface area contributed by atoms with Gasteiger partial charge in [0, 0.05) is 16.2 Å². The summed E-state index contributed by atoms with van der Waals surface area (Å²) >= 11 is 3.45. The van der Waals surface area contributed by atoms with Crippen molar-refractivity contribution in [3.8, 4) is 11.1 Å². The van der Waals surface area contributed by atoms with E-state index in [4.69, 9.17) is 0 Å². The van der Waals surface area contributed by atoms with Crippen molar-refractivity contribution in [2.24, 2.45) is 0 Å². The summed E-state index contributed by atoms with van der Waals surface area (Å²) < 4.78 is 2.94. The molecule has 0 saturated heterocycles. The second-order valence-corrected chi connectivity index (χ2v) is 4.17. The molecule has 1 heterocycles. The summed E-state index contributed by atoms with van der Waals surface area (Å²) in [5, 5.41) is 4.24. The number of hydrogen-bond donors (Lipinski definition) is 0. The van der Waals surface area contributed by atoms with E-state index in [1.165, 1.54) is 5.56 Å². The van der Waals surface area contributed by atoms with Gasteiger partial charge in [-0.2, -0.15) is 5.10 Å². The Morgan fingerprint density at radius 3 is 3.00 bits per heavy atom. The molecule has 0 spiro atoms. The molecule has 0 N–H and O–H groups in total. The number of halogens is 1. The van der Waals surface area contributed by atoms with Crippen LogP contribution in [0.4, 0.5) is 0 Å². The Bertz CT molecular complexity index is 474. The van der Waals surface area contributed by atoms with Gasteiger partial charge in [-0.1, -0.05) is 34.1 Å². The van der Waals surface area contributed by atoms with Crippen molar-refractivity contribution in [2.75, 3.05) is 0 Å². The first-order chi connectivity index (χ1) is 7.29. The molecular formula is C12H11BrN2. The van der Waals surface area contributed by atoms with Crippen LogP contribution >= 0.6 is 15.9 Å². The van der Waals surface area contributed by atoms with Gasteiger partial charge in [-0.05, 0) is 17.7 Å². The van der Waals surface area contributed by atoms with Crippen molar-refractivity contribution >= 4 is 15.9 Å². The minimum absolute atomic E-state index is 0.744. The van der Waals surface area contributed by atoms with E-state index in [-0.39, 0.29) is 0 Å². The van der Waals surface area contributed by atoms with E-state index in [1.807, 2.05) is 35.3 Å². The summed E-state index contributed by atoms with van der Waals surface area (Å²) in [6.45, 7) is 4.43. The lowest BCUT2D eigenvalue weighted by Gasteiger charge is -1.97. The number of allylic oxidation sites excluding steroid dienone is 1. The monoisotopic (exact) mass is 262 g/mol. The smallest absolute Gasteiger partial charge is 0.0587 e. The summed E-state index contributed by atoms with van der Waals surface area (Å²) in [6, 6.07) is 8.18. The number of hydrogen-bond acceptors (Lipinski definition) is 1. The van der Waals surface area contributed by atoms with Crippen LogP contribution in [0, 0.1) is 0 Å². The molecule has 0 radical (unpaired) electrons. The summed E-state index contributed by atoms with van der Waals surface area (Å²) in [7, 11) is 0. The highest BCUT2D eigenvalue weighted by atomic mass is 79.9. The van der Waals surface area contributed by atoms with Crippen molar-refractivity contribution in [3.63, 3.8) is 0 Å². The number of rotatable bonds is 3. The largest absolute Gasteiger partial charge is 0.268 e. The number of aromatic nitrogens is 2. The van der Waals surface area contributed by atoms with Crippen molar-refractivity contribution in [1.29, 1.82) is 0 Å². The molecule has 0 atom stereocenters. The van der Waals surface area contributed by atoms with Gasteiger partial charge in [-0.25, -0.2) is 0 Å². The molecule has 76 valence electrons. The van der Waals surface area contributed by atoms with Crippen molar-refractivity contribution in [2.45, 2.75) is 6.54 Å². The molecule has 0 aliphatic heterocycles. The first-order valence-electron chi connectivity index (χ1n) is 4.69. The van der Waals surface area contributed by atoms with Crippen LogP contribution in [0.1, 0.15) is 0 Å². The maximum absolute atomic E-state index is 4.24. The fourth-order valence-electron chi connectivity index (χ4n) is 1.41. The van der Waals surface area contributed by atoms with Crippen molar-refractivity contribution in [3.05, 3.63) is 53.8 Å². The highest BCUT2D eigenvalue weighted by Crippen LogP contribution is 2.22. The molecule has 2 nitrogen and oxygen atoms in total. The van der Waals surface area contributed by atoms with Crippen LogP contribution in [0.2, 0.25) is 0 Å². The fourth-order valence-corrected chi connectivity index (χ4v) is 1.81. The summed E-state index contributed by atoms with van der Waals surface area (Å²) in [4.78, 5) is 0. The molecule has 3 heteroatoms. The van der Waals surface area contributed by atoms with E-state index < -0.39 is 0 Å². The molecule has 0 bridgehead atoms. The van der Waals surface area contributed by atoms with Crippen LogP contribution in [0.3, 0.4) is 0 Å². The van der Waals surface area contributed by atoms with Gasteiger partial charge in [0.1, 0.15) is 0 Å². The maximum atomic E-state index is 4.24. The molecule has 1 aromatic carbocycles. The highest BCUT2D eigenvalue weighted by molar-refractivity contribution is 9.10. The second kappa shape index (κ2) is 4.45. The van der Waals surface area contributed by atoms with Crippen LogP contribution in [0.5, 0.6) is 0 Å². The van der Waals surface area contributed by atoms with Crippen LogP contribution in [-0.2, 0) is 6.54 Å². The van der Waals surface area contributed by atoms with Gasteiger partial charge < -0.3 is 0 Å². The van der Waals surface area contributed by atoms with Crippen LogP contribution < -0.4 is 0 Å². The lowest BCUT2D eigenvalue weighted by Crippen LogP contribution is -1.93. The highest BCUT2D eigenvalue weighted by Gasteiger charge is 2.00. The zero-order chi connectivity index (χ0) is 10.7. The minimum Gasteiger partial charge on any atom is -0.268 e. The summed E-state index contributed by atoms with van der Waals surface area (Å²) in [5.41, 5.74) is 2.29. The number of benzene rings is 1. The van der Waals surface area contributed by atoms with Gasteiger partial charge in [-0.3, -0.25) is 4.68 Å². The van der Waals surface area contributed by atoms with Crippen molar-refractivity contribution in [1.82, 2.24) is 9.78 Å². The third-order valence-corrected chi connectivity index (χ3v) is 2.60. The average molecular weight is 263 g/mol. The summed E-state index contributed by atoms with van der Waals surface area (Å²) in [6.07, 6.45) is 5.71. The van der Waals surface area contributed by atoms with Gasteiger partial charge in [0.25, 0.3) is 0 Å². The molecule has 2 aromatic rings. The lowest BCUT2D eigenvalue weighted by atomic mass is 10.1. The number of nitrogens with zero attached hydrogens (tertiary/aromatic N) is 2. The van der Waals surface area contributed by atoms with Crippen LogP contribution in [0.15, 0.2) is 53.8 Å². The molecule has 0 aliphatic carbocycles. The molecule has 0 saturated carbocycles. The fraction of sp³-hybridized carbons (Fsp3) is 0.0833. The topological polar surface area (TPSA) is 17.8 Å². The van der Waals surface area contributed by atoms with Gasteiger partial charge in [0.05, 0.1) is 12.7 Å². The van der Waals surface area contributed by atoms with Crippen molar-refractivity contribution < 1.29 is 0 Å². The van der Waals surface area contributed by atoms with Crippen LogP contribution in [-0.4, -0.2) is 9.78 Å². The van der Waals surface area contributed by atoms with Gasteiger partial charge in [-0.15, -0.1) is 6.58 Å². The van der Waals surface area contributed by atoms with E-state index in [1.54, 1.807) is 0 Å². The zero-order valence-electron chi connectivity index (χ0n) is 8.23. The van der Waals surface area contributed by atoms with E-state index >= 15 is 0 Å². The predicted molar refractivity (Wildman–Crippen MR) is 65.6 cm³/mol. The maximum Gasteiger partial charge on any atom is 0.0587 e. The van der Waals surface area contributed by atoms with E-state index in [0.717, 1.165) is 16.6 Å². The van der Waals surface area contributed by atoms with E-state index in [2.05, 4.69) is 39.7 Å². The quantitative estimate of drug-likeness (QED) is 0.775. The SMILES string of the molecule is C=CCn1cc(-c2cccc(Br)c2)cn1. The van der Waals surface area contributed by atoms with Gasteiger partial charge in [0.15, 0.2) is 0 Å². The standard InChI is InChI=1S/C12H11BrN2/c1-2-6-15-9-11(8-14-15)10-4-3-5-12(13)7-10/h2-5,7-9H,1,6H2. The Morgan fingerprint density at radius 1 is 1.40 bits per heavy atom. The molecule has 0 unspecified atom stereocenters. The zero-order valence-corrected chi connectivity index (χ0v) is 9.81. The predicted octanol–water partition coefficient (Wildman–Crippen LogP) is 3.50. The Labute approximate surface area is 97.4 Å². The Morgan fingerprint density at radius 2 is 2.27 bits per heavy atom. The first kappa shape index (κ1) is 10.2. The molecule has 0 aliphatic rings. The normalized spacial score (nSPS) is 10.2. The Balaban J connectivity index is 2.32. The Hall–Kier alpha value is -1.35. The lowest BCUT2D eigenvalue weighted by molar-refractivity contribution is 0.703. The molecular weight excluding hydrogens is 252 g/mol. The van der Waals surface area contributed by atoms with E-state index in [9.17, 15) is 0 Å². The Kier molecular flexibility index (Phi) is 3.02. The molecule has 15 heavy (non-hydrogen) atoms. The molecule has 2 rings (SSSR count). The minimum atomic E-state index is 0.744. The third-order valence-electron chi connectivity index (χ3n) is 2.11. The average Bonchev–Trinajstić information content (AvgIpc) is 2.67. The summed E-state index contributed by atoms with van der Waals surface area (Å²) in [5.74, 6) is 0. The van der Waals surface area contributed by atoms with E-state index in [0.29, 0.717) is 0 Å². The molecule has 0 fully saturated rings. The molecule has 1 aromatic heterocycles.